The molecule has 2 aliphatic rings. The molecular weight excluding hydrogens is 522 g/mol. The van der Waals surface area contributed by atoms with Gasteiger partial charge in [-0.15, -0.1) is 0 Å². The van der Waals surface area contributed by atoms with Gasteiger partial charge >= 0.3 is 6.18 Å². The van der Waals surface area contributed by atoms with Gasteiger partial charge in [0.05, 0.1) is 24.5 Å². The van der Waals surface area contributed by atoms with Gasteiger partial charge in [-0.3, -0.25) is 23.9 Å². The summed E-state index contributed by atoms with van der Waals surface area (Å²) in [6, 6.07) is 0.711. The molecule has 1 aliphatic carbocycles. The summed E-state index contributed by atoms with van der Waals surface area (Å²) in [4.78, 5) is 43.5. The van der Waals surface area contributed by atoms with Gasteiger partial charge in [-0.05, 0) is 30.9 Å². The van der Waals surface area contributed by atoms with E-state index in [-0.39, 0.29) is 31.6 Å². The van der Waals surface area contributed by atoms with Crippen LogP contribution in [-0.4, -0.2) is 51.3 Å². The Morgan fingerprint density at radius 3 is 2.32 bits per heavy atom. The molecule has 1 saturated heterocycles. The van der Waals surface area contributed by atoms with E-state index in [0.29, 0.717) is 22.9 Å². The first-order chi connectivity index (χ1) is 17.8. The van der Waals surface area contributed by atoms with Crippen molar-refractivity contribution in [2.75, 3.05) is 11.4 Å². The van der Waals surface area contributed by atoms with Crippen molar-refractivity contribution in [3.8, 4) is 5.69 Å². The molecule has 0 bridgehead atoms. The van der Waals surface area contributed by atoms with Crippen LogP contribution < -0.4 is 15.6 Å². The zero-order chi connectivity index (χ0) is 27.5. The number of anilines is 1. The third-order valence-electron chi connectivity index (χ3n) is 6.42. The second-order valence-corrected chi connectivity index (χ2v) is 9.19. The van der Waals surface area contributed by atoms with Gasteiger partial charge in [-0.25, -0.2) is 18.2 Å². The van der Waals surface area contributed by atoms with Crippen molar-refractivity contribution in [3.05, 3.63) is 63.7 Å². The van der Waals surface area contributed by atoms with Crippen LogP contribution in [0.15, 0.2) is 35.3 Å². The number of hydrogen-bond donors (Lipinski definition) is 2. The minimum atomic E-state index is -4.80. The number of carbonyl (C=O) groups is 2. The Kier molecular flexibility index (Phi) is 6.16. The predicted molar refractivity (Wildman–Crippen MR) is 120 cm³/mol. The first-order valence-corrected chi connectivity index (χ1v) is 11.4. The van der Waals surface area contributed by atoms with Crippen molar-refractivity contribution < 1.29 is 41.0 Å². The van der Waals surface area contributed by atoms with E-state index in [1.807, 2.05) is 0 Å². The highest BCUT2D eigenvalue weighted by Crippen LogP contribution is 2.40. The largest absolute Gasteiger partial charge is 0.408 e. The quantitative estimate of drug-likeness (QED) is 0.485. The number of aliphatic hydroxyl groups excluding tert-OH is 1. The zero-order valence-corrected chi connectivity index (χ0v) is 19.2. The van der Waals surface area contributed by atoms with E-state index < -0.39 is 81.2 Å². The van der Waals surface area contributed by atoms with Crippen LogP contribution >= 0.6 is 0 Å². The van der Waals surface area contributed by atoms with E-state index in [1.54, 1.807) is 5.32 Å². The fourth-order valence-corrected chi connectivity index (χ4v) is 4.47. The third kappa shape index (κ3) is 4.59. The minimum absolute atomic E-state index is 0.0989. The van der Waals surface area contributed by atoms with Crippen molar-refractivity contribution in [3.63, 3.8) is 0 Å². The van der Waals surface area contributed by atoms with E-state index in [9.17, 15) is 45.8 Å². The highest BCUT2D eigenvalue weighted by molar-refractivity contribution is 5.99. The molecule has 2 amide bonds. The molecule has 200 valence electrons. The van der Waals surface area contributed by atoms with Crippen LogP contribution in [0.3, 0.4) is 0 Å². The number of rotatable bonds is 5. The second-order valence-electron chi connectivity index (χ2n) is 9.19. The highest BCUT2D eigenvalue weighted by Gasteiger charge is 2.50. The van der Waals surface area contributed by atoms with E-state index in [1.165, 1.54) is 6.07 Å². The number of nitrogens with zero attached hydrogens (tertiary/aromatic N) is 3. The molecule has 1 saturated carbocycles. The normalized spacial score (nSPS) is 18.8. The topological polar surface area (TPSA) is 105 Å². The molecule has 1 aromatic carbocycles. The number of β-amino-alcohol motifs (C(OH)–C–C–N with tert-alkyl or cyclic N) is 1. The molecule has 2 aromatic heterocycles. The van der Waals surface area contributed by atoms with Crippen LogP contribution in [0.25, 0.3) is 16.7 Å². The zero-order valence-electron chi connectivity index (χ0n) is 19.2. The number of alkyl halides is 3. The lowest BCUT2D eigenvalue weighted by Gasteiger charge is -2.22. The molecule has 2 atom stereocenters. The summed E-state index contributed by atoms with van der Waals surface area (Å²) >= 11 is 0. The maximum Gasteiger partial charge on any atom is 0.408 e. The molecule has 0 spiro atoms. The van der Waals surface area contributed by atoms with Gasteiger partial charge in [-0.1, -0.05) is 0 Å². The standard InChI is InChI=1S/C24H18F6N4O4/c25-11-5-15(26)19(16(27)6-11)34-9-14(23(38)32-21(10-1-2-10)24(28,29)30)20(37)13-3-4-17(31-22(13)34)33-8-12(35)7-18(33)36/h3-6,9-10,12,21,35H,1-2,7-8H2,(H,32,38)/t12-,21+/m0/s1. The van der Waals surface area contributed by atoms with Crippen LogP contribution in [0, 0.1) is 23.4 Å². The number of benzene rings is 1. The van der Waals surface area contributed by atoms with E-state index >= 15 is 0 Å². The lowest BCUT2D eigenvalue weighted by atomic mass is 10.1. The van der Waals surface area contributed by atoms with Crippen LogP contribution in [-0.2, 0) is 4.79 Å². The summed E-state index contributed by atoms with van der Waals surface area (Å²) < 4.78 is 84.3. The monoisotopic (exact) mass is 540 g/mol. The number of fused-ring (bicyclic) bond motifs is 1. The lowest BCUT2D eigenvalue weighted by molar-refractivity contribution is -0.158. The molecule has 3 heterocycles. The number of halogens is 6. The fraction of sp³-hybridized carbons (Fsp3) is 0.333. The number of hydrogen-bond acceptors (Lipinski definition) is 5. The number of carbonyl (C=O) groups excluding carboxylic acids is 2. The average molecular weight is 540 g/mol. The molecule has 0 radical (unpaired) electrons. The van der Waals surface area contributed by atoms with Crippen LogP contribution in [0.4, 0.5) is 32.2 Å². The number of amides is 2. The van der Waals surface area contributed by atoms with Crippen LogP contribution in [0.2, 0.25) is 0 Å². The van der Waals surface area contributed by atoms with Crippen molar-refractivity contribution >= 4 is 28.7 Å². The Bertz CT molecular complexity index is 1510. The van der Waals surface area contributed by atoms with Gasteiger partial charge in [-0.2, -0.15) is 13.2 Å². The van der Waals surface area contributed by atoms with Crippen molar-refractivity contribution in [2.24, 2.45) is 5.92 Å². The minimum Gasteiger partial charge on any atom is -0.391 e. The molecule has 1 aliphatic heterocycles. The molecular formula is C24H18F6N4O4. The maximum absolute atomic E-state index is 14.8. The molecule has 2 N–H and O–H groups in total. The van der Waals surface area contributed by atoms with Gasteiger partial charge in [0.15, 0.2) is 17.3 Å². The summed E-state index contributed by atoms with van der Waals surface area (Å²) in [7, 11) is 0. The smallest absolute Gasteiger partial charge is 0.391 e. The Balaban J connectivity index is 1.70. The molecule has 3 aromatic rings. The third-order valence-corrected chi connectivity index (χ3v) is 6.42. The Labute approximate surface area is 209 Å². The first kappa shape index (κ1) is 25.7. The SMILES string of the molecule is O=C(N[C@H](C1CC1)C(F)(F)F)c1cn(-c2c(F)cc(F)cc2F)c2nc(N3C[C@@H](O)CC3=O)ccc2c1=O. The summed E-state index contributed by atoms with van der Waals surface area (Å²) in [6.07, 6.45) is -4.96. The molecule has 0 unspecified atom stereocenters. The second kappa shape index (κ2) is 9.11. The average Bonchev–Trinajstić information content (AvgIpc) is 3.59. The Morgan fingerprint density at radius 1 is 1.11 bits per heavy atom. The number of pyridine rings is 2. The number of aromatic nitrogens is 2. The molecule has 8 nitrogen and oxygen atoms in total. The van der Waals surface area contributed by atoms with E-state index in [4.69, 9.17) is 0 Å². The van der Waals surface area contributed by atoms with Gasteiger partial charge in [0.25, 0.3) is 5.91 Å². The van der Waals surface area contributed by atoms with Crippen molar-refractivity contribution in [2.45, 2.75) is 37.6 Å². The van der Waals surface area contributed by atoms with Gasteiger partial charge in [0.1, 0.15) is 28.9 Å². The number of nitrogens with one attached hydrogen (secondary N) is 1. The fourth-order valence-electron chi connectivity index (χ4n) is 4.47. The summed E-state index contributed by atoms with van der Waals surface area (Å²) in [5.41, 5.74) is -3.37. The number of aliphatic hydroxyl groups is 1. The van der Waals surface area contributed by atoms with Gasteiger partial charge < -0.3 is 10.4 Å². The van der Waals surface area contributed by atoms with Crippen molar-refractivity contribution in [1.29, 1.82) is 0 Å². The summed E-state index contributed by atoms with van der Waals surface area (Å²) in [5.74, 6) is -7.09. The predicted octanol–water partition coefficient (Wildman–Crippen LogP) is 2.97. The summed E-state index contributed by atoms with van der Waals surface area (Å²) in [6.45, 7) is -0.151. The maximum atomic E-state index is 14.8. The van der Waals surface area contributed by atoms with Gasteiger partial charge in [0, 0.05) is 18.3 Å². The Morgan fingerprint density at radius 2 is 1.76 bits per heavy atom. The molecule has 2 fully saturated rings. The summed E-state index contributed by atoms with van der Waals surface area (Å²) in [5, 5.41) is 11.2. The van der Waals surface area contributed by atoms with Gasteiger partial charge in [0.2, 0.25) is 11.3 Å². The van der Waals surface area contributed by atoms with Crippen molar-refractivity contribution in [1.82, 2.24) is 14.9 Å². The lowest BCUT2D eigenvalue weighted by Crippen LogP contribution is -2.48. The molecule has 38 heavy (non-hydrogen) atoms. The van der Waals surface area contributed by atoms with E-state index in [2.05, 4.69) is 4.98 Å². The van der Waals surface area contributed by atoms with Crippen LogP contribution in [0.1, 0.15) is 29.6 Å². The highest BCUT2D eigenvalue weighted by atomic mass is 19.4. The molecule has 5 rings (SSSR count). The first-order valence-electron chi connectivity index (χ1n) is 11.4. The van der Waals surface area contributed by atoms with E-state index in [0.717, 1.165) is 11.0 Å². The van der Waals surface area contributed by atoms with Crippen LogP contribution in [0.5, 0.6) is 0 Å². The Hall–Kier alpha value is -3.94. The molecule has 14 heteroatoms.